The Morgan fingerprint density at radius 2 is 1.92 bits per heavy atom. The molecule has 124 valence electrons. The van der Waals surface area contributed by atoms with Gasteiger partial charge in [-0.2, -0.15) is 0 Å². The lowest BCUT2D eigenvalue weighted by Crippen LogP contribution is -2.27. The maximum atomic E-state index is 12.4. The number of thioether (sulfide) groups is 1. The van der Waals surface area contributed by atoms with Crippen LogP contribution in [0.15, 0.2) is 47.5 Å². The molecule has 0 atom stereocenters. The molecule has 1 aliphatic rings. The van der Waals surface area contributed by atoms with Crippen molar-refractivity contribution in [3.05, 3.63) is 53.2 Å². The van der Waals surface area contributed by atoms with E-state index in [0.29, 0.717) is 15.8 Å². The Morgan fingerprint density at radius 1 is 1.21 bits per heavy atom. The zero-order valence-electron chi connectivity index (χ0n) is 13.9. The van der Waals surface area contributed by atoms with Crippen LogP contribution in [0.1, 0.15) is 12.6 Å². The summed E-state index contributed by atoms with van der Waals surface area (Å²) >= 11 is 6.63. The van der Waals surface area contributed by atoms with E-state index in [4.69, 9.17) is 12.2 Å². The smallest absolute Gasteiger partial charge is 0.266 e. The molecule has 1 aromatic carbocycles. The third kappa shape index (κ3) is 3.12. The number of thiocarbonyl (C=S) groups is 1. The van der Waals surface area contributed by atoms with Crippen LogP contribution in [0.4, 0.5) is 5.69 Å². The summed E-state index contributed by atoms with van der Waals surface area (Å²) in [5.74, 6) is -0.0109. The molecule has 1 saturated heterocycles. The average Bonchev–Trinajstić information content (AvgIpc) is 3.12. The fourth-order valence-corrected chi connectivity index (χ4v) is 3.93. The molecule has 24 heavy (non-hydrogen) atoms. The Kier molecular flexibility index (Phi) is 4.78. The predicted molar refractivity (Wildman–Crippen MR) is 106 cm³/mol. The lowest BCUT2D eigenvalue weighted by Gasteiger charge is -2.14. The van der Waals surface area contributed by atoms with Gasteiger partial charge < -0.3 is 9.47 Å². The van der Waals surface area contributed by atoms with Crippen LogP contribution >= 0.6 is 24.0 Å². The number of benzene rings is 1. The fraction of sp³-hybridized carbons (Fsp3) is 0.222. The molecule has 1 fully saturated rings. The minimum absolute atomic E-state index is 0.0109. The number of likely N-dealkylation sites (N-methyl/N-ethyl adjacent to an activating group) is 1. The number of hydrogen-bond acceptors (Lipinski definition) is 4. The number of nitrogens with zero attached hydrogens (tertiary/aromatic N) is 3. The maximum absolute atomic E-state index is 12.4. The van der Waals surface area contributed by atoms with Gasteiger partial charge in [-0.3, -0.25) is 9.69 Å². The molecule has 1 aromatic heterocycles. The Hall–Kier alpha value is -2.05. The second-order valence-electron chi connectivity index (χ2n) is 5.64. The first-order chi connectivity index (χ1) is 11.5. The standard InChI is InChI=1S/C18H19N3OS2/c1-4-20-17(22)16(24-18(20)23)12-15-6-5-11-21(15)14-9-7-13(8-10-14)19(2)3/h5-12H,4H2,1-3H3. The summed E-state index contributed by atoms with van der Waals surface area (Å²) in [7, 11) is 4.04. The van der Waals surface area contributed by atoms with Gasteiger partial charge in [-0.25, -0.2) is 0 Å². The molecule has 0 N–H and O–H groups in total. The summed E-state index contributed by atoms with van der Waals surface area (Å²) in [5, 5.41) is 0. The third-order valence-corrected chi connectivity index (χ3v) is 5.27. The normalized spacial score (nSPS) is 16.3. The minimum atomic E-state index is -0.0109. The Bertz CT molecular complexity index is 806. The Labute approximate surface area is 151 Å². The SMILES string of the molecule is CCN1C(=O)C(=Cc2cccn2-c2ccc(N(C)C)cc2)SC1=S. The number of amides is 1. The van der Waals surface area contributed by atoms with E-state index in [9.17, 15) is 4.79 Å². The van der Waals surface area contributed by atoms with Crippen molar-refractivity contribution in [1.82, 2.24) is 9.47 Å². The molecule has 2 heterocycles. The van der Waals surface area contributed by atoms with Crippen molar-refractivity contribution in [1.29, 1.82) is 0 Å². The van der Waals surface area contributed by atoms with Gasteiger partial charge in [-0.15, -0.1) is 0 Å². The van der Waals surface area contributed by atoms with Gasteiger partial charge >= 0.3 is 0 Å². The lowest BCUT2D eigenvalue weighted by atomic mass is 10.2. The van der Waals surface area contributed by atoms with Crippen LogP contribution in [0.25, 0.3) is 11.8 Å². The molecule has 0 bridgehead atoms. The summed E-state index contributed by atoms with van der Waals surface area (Å²) in [5.41, 5.74) is 3.17. The van der Waals surface area contributed by atoms with Gasteiger partial charge in [0.15, 0.2) is 0 Å². The molecule has 0 aliphatic carbocycles. The van der Waals surface area contributed by atoms with E-state index < -0.39 is 0 Å². The number of hydrogen-bond donors (Lipinski definition) is 0. The van der Waals surface area contributed by atoms with Gasteiger partial charge in [0.1, 0.15) is 4.32 Å². The van der Waals surface area contributed by atoms with E-state index in [0.717, 1.165) is 17.1 Å². The summed E-state index contributed by atoms with van der Waals surface area (Å²) < 4.78 is 2.69. The summed E-state index contributed by atoms with van der Waals surface area (Å²) in [4.78, 5) is 16.7. The van der Waals surface area contributed by atoms with Crippen molar-refractivity contribution in [2.24, 2.45) is 0 Å². The molecule has 0 unspecified atom stereocenters. The van der Waals surface area contributed by atoms with Crippen molar-refractivity contribution >= 4 is 46.0 Å². The van der Waals surface area contributed by atoms with Crippen LogP contribution in [0.2, 0.25) is 0 Å². The van der Waals surface area contributed by atoms with Crippen molar-refractivity contribution < 1.29 is 4.79 Å². The molecular weight excluding hydrogens is 338 g/mol. The first-order valence-electron chi connectivity index (χ1n) is 7.71. The van der Waals surface area contributed by atoms with E-state index in [1.807, 2.05) is 45.4 Å². The molecule has 2 aromatic rings. The van der Waals surface area contributed by atoms with Crippen LogP contribution in [-0.2, 0) is 4.79 Å². The summed E-state index contributed by atoms with van der Waals surface area (Å²) in [6.07, 6.45) is 3.91. The van der Waals surface area contributed by atoms with Gasteiger partial charge in [0.25, 0.3) is 5.91 Å². The Morgan fingerprint density at radius 3 is 2.50 bits per heavy atom. The van der Waals surface area contributed by atoms with E-state index in [1.54, 1.807) is 4.90 Å². The molecule has 0 spiro atoms. The van der Waals surface area contributed by atoms with Crippen molar-refractivity contribution in [3.8, 4) is 5.69 Å². The molecule has 0 saturated carbocycles. The number of carbonyl (C=O) groups excluding carboxylic acids is 1. The van der Waals surface area contributed by atoms with E-state index >= 15 is 0 Å². The number of rotatable bonds is 4. The van der Waals surface area contributed by atoms with Crippen LogP contribution < -0.4 is 4.90 Å². The van der Waals surface area contributed by atoms with Crippen molar-refractivity contribution in [3.63, 3.8) is 0 Å². The second-order valence-corrected chi connectivity index (χ2v) is 7.32. The molecular formula is C18H19N3OS2. The monoisotopic (exact) mass is 357 g/mol. The quantitative estimate of drug-likeness (QED) is 0.615. The van der Waals surface area contributed by atoms with E-state index in [1.165, 1.54) is 11.8 Å². The molecule has 1 amide bonds. The highest BCUT2D eigenvalue weighted by molar-refractivity contribution is 8.26. The Balaban J connectivity index is 1.93. The van der Waals surface area contributed by atoms with Gasteiger partial charge in [0, 0.05) is 43.9 Å². The van der Waals surface area contributed by atoms with Gasteiger partial charge in [0.2, 0.25) is 0 Å². The van der Waals surface area contributed by atoms with Crippen LogP contribution in [0.5, 0.6) is 0 Å². The lowest BCUT2D eigenvalue weighted by molar-refractivity contribution is -0.121. The molecule has 6 heteroatoms. The zero-order chi connectivity index (χ0) is 17.3. The highest BCUT2D eigenvalue weighted by Crippen LogP contribution is 2.32. The topological polar surface area (TPSA) is 28.5 Å². The second kappa shape index (κ2) is 6.83. The van der Waals surface area contributed by atoms with Gasteiger partial charge in [0.05, 0.1) is 4.91 Å². The number of carbonyl (C=O) groups is 1. The average molecular weight is 358 g/mol. The fourth-order valence-electron chi connectivity index (χ4n) is 2.57. The highest BCUT2D eigenvalue weighted by Gasteiger charge is 2.30. The van der Waals surface area contributed by atoms with Crippen molar-refractivity contribution in [2.45, 2.75) is 6.92 Å². The highest BCUT2D eigenvalue weighted by atomic mass is 32.2. The first-order valence-corrected chi connectivity index (χ1v) is 8.94. The molecule has 4 nitrogen and oxygen atoms in total. The zero-order valence-corrected chi connectivity index (χ0v) is 15.5. The molecule has 0 radical (unpaired) electrons. The summed E-state index contributed by atoms with van der Waals surface area (Å²) in [6, 6.07) is 12.3. The largest absolute Gasteiger partial charge is 0.378 e. The van der Waals surface area contributed by atoms with Crippen LogP contribution in [0.3, 0.4) is 0 Å². The van der Waals surface area contributed by atoms with Crippen molar-refractivity contribution in [2.75, 3.05) is 25.5 Å². The first kappa shape index (κ1) is 16.8. The predicted octanol–water partition coefficient (Wildman–Crippen LogP) is 3.76. The summed E-state index contributed by atoms with van der Waals surface area (Å²) in [6.45, 7) is 2.54. The van der Waals surface area contributed by atoms with E-state index in [2.05, 4.69) is 33.7 Å². The van der Waals surface area contributed by atoms with Gasteiger partial charge in [-0.1, -0.05) is 24.0 Å². The minimum Gasteiger partial charge on any atom is -0.378 e. The van der Waals surface area contributed by atoms with Crippen LogP contribution in [-0.4, -0.2) is 40.3 Å². The third-order valence-electron chi connectivity index (χ3n) is 3.89. The number of anilines is 1. The van der Waals surface area contributed by atoms with Gasteiger partial charge in [-0.05, 0) is 49.4 Å². The van der Waals surface area contributed by atoms with Crippen LogP contribution in [0, 0.1) is 0 Å². The molecule has 1 aliphatic heterocycles. The molecule has 3 rings (SSSR count). The maximum Gasteiger partial charge on any atom is 0.266 e. The van der Waals surface area contributed by atoms with E-state index in [-0.39, 0.29) is 5.91 Å². The number of aromatic nitrogens is 1.